The molecule has 2 saturated heterocycles. The first-order valence-corrected chi connectivity index (χ1v) is 8.75. The summed E-state index contributed by atoms with van der Waals surface area (Å²) in [5, 5.41) is 6.14. The third-order valence-corrected chi connectivity index (χ3v) is 4.93. The molecule has 4 nitrogen and oxygen atoms in total. The molecule has 2 unspecified atom stereocenters. The molecule has 3 rings (SSSR count). The number of ether oxygens (including phenoxy) is 1. The molecule has 2 aliphatic rings. The summed E-state index contributed by atoms with van der Waals surface area (Å²) >= 11 is 0. The fraction of sp³-hybridized carbons (Fsp3) is 0.611. The lowest BCUT2D eigenvalue weighted by Gasteiger charge is -2.28. The summed E-state index contributed by atoms with van der Waals surface area (Å²) in [6, 6.07) is 4.11. The van der Waals surface area contributed by atoms with Crippen molar-refractivity contribution in [3.8, 4) is 5.75 Å². The van der Waals surface area contributed by atoms with Crippen LogP contribution >= 0.6 is 12.4 Å². The summed E-state index contributed by atoms with van der Waals surface area (Å²) in [5.41, 5.74) is -0.718. The van der Waals surface area contributed by atoms with E-state index in [1.165, 1.54) is 6.07 Å². The normalized spacial score (nSPS) is 24.7. The van der Waals surface area contributed by atoms with E-state index in [0.29, 0.717) is 25.1 Å². The third-order valence-electron chi connectivity index (χ3n) is 4.93. The Kier molecular flexibility index (Phi) is 6.80. The Morgan fingerprint density at radius 2 is 1.92 bits per heavy atom. The van der Waals surface area contributed by atoms with Crippen LogP contribution in [0, 0.1) is 5.92 Å². The van der Waals surface area contributed by atoms with E-state index in [0.717, 1.165) is 37.8 Å². The lowest BCUT2D eigenvalue weighted by Crippen LogP contribution is -2.39. The van der Waals surface area contributed by atoms with Crippen LogP contribution in [0.4, 0.5) is 18.9 Å². The summed E-state index contributed by atoms with van der Waals surface area (Å²) in [6.07, 6.45) is 0.0560. The molecule has 1 amide bonds. The van der Waals surface area contributed by atoms with Crippen LogP contribution in [0.15, 0.2) is 18.2 Å². The molecule has 1 aromatic rings. The van der Waals surface area contributed by atoms with Gasteiger partial charge in [0.1, 0.15) is 5.75 Å². The average Bonchev–Trinajstić information content (AvgIpc) is 2.87. The predicted molar refractivity (Wildman–Crippen MR) is 95.8 cm³/mol. The monoisotopic (exact) mass is 392 g/mol. The van der Waals surface area contributed by atoms with Gasteiger partial charge in [0.15, 0.2) is 0 Å². The van der Waals surface area contributed by atoms with E-state index in [-0.39, 0.29) is 35.7 Å². The molecule has 2 atom stereocenters. The number of fused-ring (bicyclic) bond motifs is 2. The maximum absolute atomic E-state index is 12.9. The molecule has 2 aliphatic heterocycles. The first-order valence-electron chi connectivity index (χ1n) is 8.75. The van der Waals surface area contributed by atoms with Crippen LogP contribution in [0.3, 0.4) is 0 Å². The van der Waals surface area contributed by atoms with Crippen molar-refractivity contribution in [3.63, 3.8) is 0 Å². The van der Waals surface area contributed by atoms with Gasteiger partial charge in [-0.3, -0.25) is 4.79 Å². The molecule has 146 valence electrons. The Morgan fingerprint density at radius 3 is 2.50 bits per heavy atom. The molecule has 0 saturated carbocycles. The van der Waals surface area contributed by atoms with Crippen molar-refractivity contribution in [2.75, 3.05) is 11.9 Å². The fourth-order valence-corrected chi connectivity index (χ4v) is 3.89. The highest BCUT2D eigenvalue weighted by molar-refractivity contribution is 5.92. The zero-order valence-corrected chi connectivity index (χ0v) is 15.4. The summed E-state index contributed by atoms with van der Waals surface area (Å²) in [7, 11) is 0. The molecule has 0 spiro atoms. The minimum absolute atomic E-state index is 0. The lowest BCUT2D eigenvalue weighted by atomic mass is 9.89. The van der Waals surface area contributed by atoms with Gasteiger partial charge in [-0.15, -0.1) is 12.4 Å². The highest BCUT2D eigenvalue weighted by Crippen LogP contribution is 2.36. The molecular formula is C18H24ClF3N2O2. The summed E-state index contributed by atoms with van der Waals surface area (Å²) in [5.74, 6) is 0.279. The van der Waals surface area contributed by atoms with E-state index in [1.807, 2.05) is 0 Å². The second-order valence-electron chi connectivity index (χ2n) is 6.87. The van der Waals surface area contributed by atoms with E-state index in [9.17, 15) is 18.0 Å². The Bertz CT molecular complexity index is 627. The van der Waals surface area contributed by atoms with Gasteiger partial charge >= 0.3 is 6.18 Å². The third kappa shape index (κ3) is 5.04. The molecular weight excluding hydrogens is 369 g/mol. The number of benzene rings is 1. The van der Waals surface area contributed by atoms with Gasteiger partial charge in [-0.1, -0.05) is 0 Å². The van der Waals surface area contributed by atoms with Gasteiger partial charge < -0.3 is 15.4 Å². The molecule has 0 aromatic heterocycles. The van der Waals surface area contributed by atoms with Crippen molar-refractivity contribution >= 4 is 24.0 Å². The van der Waals surface area contributed by atoms with Gasteiger partial charge in [-0.2, -0.15) is 13.2 Å². The maximum atomic E-state index is 12.9. The van der Waals surface area contributed by atoms with E-state index >= 15 is 0 Å². The molecule has 8 heteroatoms. The van der Waals surface area contributed by atoms with Crippen molar-refractivity contribution in [3.05, 3.63) is 23.8 Å². The minimum atomic E-state index is -4.46. The van der Waals surface area contributed by atoms with Gasteiger partial charge in [0.2, 0.25) is 5.91 Å². The lowest BCUT2D eigenvalue weighted by molar-refractivity contribution is -0.137. The standard InChI is InChI=1S/C18H23F3N2O2.ClH/c1-2-25-16-6-3-12(18(19,20)21)10-15(16)23-17(24)9-11-7-13-4-5-14(8-11)22-13;/h3,6,10-11,13-14,22H,2,4-5,7-9H2,1H3,(H,23,24);1H. The number of carbonyl (C=O) groups is 1. The Labute approximate surface area is 157 Å². The Morgan fingerprint density at radius 1 is 1.27 bits per heavy atom. The first-order chi connectivity index (χ1) is 11.8. The number of amides is 1. The van der Waals surface area contributed by atoms with E-state index < -0.39 is 11.7 Å². The molecule has 2 N–H and O–H groups in total. The molecule has 2 bridgehead atoms. The van der Waals surface area contributed by atoms with Crippen LogP contribution < -0.4 is 15.4 Å². The predicted octanol–water partition coefficient (Wildman–Crippen LogP) is 4.39. The highest BCUT2D eigenvalue weighted by Gasteiger charge is 2.34. The summed E-state index contributed by atoms with van der Waals surface area (Å²) in [6.45, 7) is 2.06. The van der Waals surface area contributed by atoms with Gasteiger partial charge in [0.25, 0.3) is 0 Å². The van der Waals surface area contributed by atoms with Crippen molar-refractivity contribution in [2.45, 2.75) is 57.3 Å². The van der Waals surface area contributed by atoms with Crippen molar-refractivity contribution < 1.29 is 22.7 Å². The van der Waals surface area contributed by atoms with Crippen molar-refractivity contribution in [1.82, 2.24) is 5.32 Å². The van der Waals surface area contributed by atoms with Crippen LogP contribution in [0.25, 0.3) is 0 Å². The van der Waals surface area contributed by atoms with E-state index in [2.05, 4.69) is 10.6 Å². The summed E-state index contributed by atoms with van der Waals surface area (Å²) < 4.78 is 44.1. The molecule has 26 heavy (non-hydrogen) atoms. The number of hydrogen-bond acceptors (Lipinski definition) is 3. The highest BCUT2D eigenvalue weighted by atomic mass is 35.5. The molecule has 1 aromatic carbocycles. The SMILES string of the molecule is CCOc1ccc(C(F)(F)F)cc1NC(=O)CC1CC2CCC(C1)N2.Cl. The van der Waals surface area contributed by atoms with E-state index in [4.69, 9.17) is 4.74 Å². The van der Waals surface area contributed by atoms with Crippen LogP contribution in [0.1, 0.15) is 44.6 Å². The number of nitrogens with one attached hydrogen (secondary N) is 2. The average molecular weight is 393 g/mol. The zero-order chi connectivity index (χ0) is 18.0. The smallest absolute Gasteiger partial charge is 0.416 e. The minimum Gasteiger partial charge on any atom is -0.492 e. The number of piperidine rings is 1. The summed E-state index contributed by atoms with van der Waals surface area (Å²) in [4.78, 5) is 12.4. The Balaban J connectivity index is 0.00000243. The van der Waals surface area contributed by atoms with Crippen LogP contribution in [-0.2, 0) is 11.0 Å². The van der Waals surface area contributed by atoms with Gasteiger partial charge in [-0.05, 0) is 56.7 Å². The molecule has 0 radical (unpaired) electrons. The molecule has 2 heterocycles. The van der Waals surface area contributed by atoms with E-state index in [1.54, 1.807) is 6.92 Å². The van der Waals surface area contributed by atoms with Gasteiger partial charge in [-0.25, -0.2) is 0 Å². The second-order valence-corrected chi connectivity index (χ2v) is 6.87. The van der Waals surface area contributed by atoms with Gasteiger partial charge in [0, 0.05) is 18.5 Å². The second kappa shape index (κ2) is 8.48. The number of hydrogen-bond donors (Lipinski definition) is 2. The number of alkyl halides is 3. The quantitative estimate of drug-likeness (QED) is 0.781. The van der Waals surface area contributed by atoms with Crippen LogP contribution in [0.5, 0.6) is 5.75 Å². The van der Waals surface area contributed by atoms with Crippen LogP contribution in [0.2, 0.25) is 0 Å². The van der Waals surface area contributed by atoms with Crippen LogP contribution in [-0.4, -0.2) is 24.6 Å². The first kappa shape index (κ1) is 20.8. The number of rotatable bonds is 5. The molecule has 0 aliphatic carbocycles. The van der Waals surface area contributed by atoms with Crippen molar-refractivity contribution in [2.24, 2.45) is 5.92 Å². The Hall–Kier alpha value is -1.47. The fourth-order valence-electron chi connectivity index (χ4n) is 3.89. The maximum Gasteiger partial charge on any atom is 0.416 e. The number of anilines is 1. The number of carbonyl (C=O) groups excluding carboxylic acids is 1. The zero-order valence-electron chi connectivity index (χ0n) is 14.6. The van der Waals surface area contributed by atoms with Crippen molar-refractivity contribution in [1.29, 1.82) is 0 Å². The van der Waals surface area contributed by atoms with Gasteiger partial charge in [0.05, 0.1) is 17.9 Å². The largest absolute Gasteiger partial charge is 0.492 e. The molecule has 2 fully saturated rings. The number of halogens is 4. The topological polar surface area (TPSA) is 50.4 Å².